The first kappa shape index (κ1) is 21.0. The molecule has 1 aliphatic carbocycles. The van der Waals surface area contributed by atoms with Crippen molar-refractivity contribution in [1.29, 1.82) is 0 Å². The zero-order valence-electron chi connectivity index (χ0n) is 19.7. The monoisotopic (exact) mass is 481 g/mol. The van der Waals surface area contributed by atoms with Gasteiger partial charge in [-0.2, -0.15) is 9.61 Å². The lowest BCUT2D eigenvalue weighted by atomic mass is 9.96. The Kier molecular flexibility index (Phi) is 5.25. The van der Waals surface area contributed by atoms with Crippen molar-refractivity contribution in [2.24, 2.45) is 0 Å². The van der Waals surface area contributed by atoms with E-state index in [1.165, 1.54) is 46.2 Å². The fraction of sp³-hybridized carbons (Fsp3) is 0.321. The van der Waals surface area contributed by atoms with Gasteiger partial charge in [0.05, 0.1) is 31.6 Å². The number of nitrogens with one attached hydrogen (secondary N) is 1. The first-order valence-electron chi connectivity index (χ1n) is 12.7. The number of anilines is 1. The maximum atomic E-state index is 5.19. The van der Waals surface area contributed by atoms with Crippen LogP contribution in [0.5, 0.6) is 0 Å². The third kappa shape index (κ3) is 3.61. The van der Waals surface area contributed by atoms with E-state index in [-0.39, 0.29) is 0 Å². The van der Waals surface area contributed by atoms with Crippen molar-refractivity contribution < 1.29 is 4.90 Å². The van der Waals surface area contributed by atoms with E-state index in [1.807, 2.05) is 15.9 Å². The number of quaternary nitrogens is 1. The number of piperazine rings is 1. The zero-order valence-corrected chi connectivity index (χ0v) is 20.5. The molecular weight excluding hydrogens is 452 g/mol. The quantitative estimate of drug-likeness (QED) is 0.425. The lowest BCUT2D eigenvalue weighted by molar-refractivity contribution is -0.926. The Labute approximate surface area is 208 Å². The molecule has 35 heavy (non-hydrogen) atoms. The van der Waals surface area contributed by atoms with Crippen molar-refractivity contribution in [3.8, 4) is 0 Å². The van der Waals surface area contributed by atoms with Crippen molar-refractivity contribution in [2.75, 3.05) is 31.1 Å². The highest BCUT2D eigenvalue weighted by Crippen LogP contribution is 2.38. The second kappa shape index (κ2) is 8.73. The van der Waals surface area contributed by atoms with Gasteiger partial charge in [-0.05, 0) is 31.2 Å². The highest BCUT2D eigenvalue weighted by molar-refractivity contribution is 7.19. The molecule has 1 aliphatic heterocycles. The number of aryl methyl sites for hydroxylation is 2. The summed E-state index contributed by atoms with van der Waals surface area (Å²) in [5.74, 6) is 0.943. The fourth-order valence-electron chi connectivity index (χ4n) is 6.00. The van der Waals surface area contributed by atoms with E-state index in [4.69, 9.17) is 9.97 Å². The summed E-state index contributed by atoms with van der Waals surface area (Å²) in [6.07, 6.45) is 6.55. The molecule has 0 saturated carbocycles. The van der Waals surface area contributed by atoms with E-state index < -0.39 is 0 Å². The molecule has 176 valence electrons. The van der Waals surface area contributed by atoms with Crippen LogP contribution in [0, 0.1) is 0 Å². The molecule has 0 bridgehead atoms. The van der Waals surface area contributed by atoms with Crippen molar-refractivity contribution >= 4 is 33.1 Å². The normalized spacial score (nSPS) is 16.9. The summed E-state index contributed by atoms with van der Waals surface area (Å²) in [4.78, 5) is 16.5. The lowest BCUT2D eigenvalue weighted by Crippen LogP contribution is -3.15. The van der Waals surface area contributed by atoms with Gasteiger partial charge in [0.1, 0.15) is 17.2 Å². The van der Waals surface area contributed by atoms with Gasteiger partial charge >= 0.3 is 0 Å². The van der Waals surface area contributed by atoms with Gasteiger partial charge in [-0.3, -0.25) is 0 Å². The number of hydrogen-bond acceptors (Lipinski definition) is 5. The molecule has 4 heterocycles. The summed E-state index contributed by atoms with van der Waals surface area (Å²) in [6.45, 7) is 3.99. The third-order valence-corrected chi connectivity index (χ3v) is 8.86. The molecule has 1 N–H and O–H groups in total. The van der Waals surface area contributed by atoms with Gasteiger partial charge in [-0.25, -0.2) is 9.97 Å². The van der Waals surface area contributed by atoms with E-state index >= 15 is 0 Å². The third-order valence-electron chi connectivity index (χ3n) is 7.68. The minimum absolute atomic E-state index is 0.338. The second-order valence-electron chi connectivity index (χ2n) is 9.70. The summed E-state index contributed by atoms with van der Waals surface area (Å²) in [5.41, 5.74) is 5.20. The van der Waals surface area contributed by atoms with Gasteiger partial charge in [-0.1, -0.05) is 60.7 Å². The summed E-state index contributed by atoms with van der Waals surface area (Å²) in [6, 6.07) is 22.2. The number of thiophene rings is 1. The molecule has 0 radical (unpaired) electrons. The average Bonchev–Trinajstić information content (AvgIpc) is 3.55. The van der Waals surface area contributed by atoms with Crippen LogP contribution in [0.1, 0.15) is 40.5 Å². The molecule has 6 nitrogen and oxygen atoms in total. The standard InChI is InChI=1S/C28H28N6S/c1-3-9-20(10-4-1)25(21-11-5-2-6-12-21)32-15-17-33(18-16-32)28-31-27-24(26-29-19-30-34(26)28)22-13-7-8-14-23(22)35-27/h1-6,9-12,19,25H,7-8,13-18H2/p+1. The summed E-state index contributed by atoms with van der Waals surface area (Å²) >= 11 is 1.87. The smallest absolute Gasteiger partial charge is 0.230 e. The van der Waals surface area contributed by atoms with Crippen LogP contribution in [0.2, 0.25) is 0 Å². The van der Waals surface area contributed by atoms with Crippen LogP contribution in [0.4, 0.5) is 5.95 Å². The second-order valence-corrected chi connectivity index (χ2v) is 10.8. The SMILES string of the molecule is c1ccc(C(c2ccccc2)[NH+]2CCN(c3nc4sc5c(c4c4ncnn34)CCCC5)CC2)cc1. The molecule has 7 rings (SSSR count). The van der Waals surface area contributed by atoms with Crippen LogP contribution in [0.15, 0.2) is 67.0 Å². The van der Waals surface area contributed by atoms with Gasteiger partial charge in [0.25, 0.3) is 0 Å². The van der Waals surface area contributed by atoms with Gasteiger partial charge < -0.3 is 9.80 Å². The number of nitrogens with zero attached hydrogens (tertiary/aromatic N) is 5. The number of aromatic nitrogens is 4. The van der Waals surface area contributed by atoms with Crippen LogP contribution >= 0.6 is 11.3 Å². The van der Waals surface area contributed by atoms with Crippen LogP contribution in [-0.4, -0.2) is 45.8 Å². The zero-order chi connectivity index (χ0) is 23.2. The molecule has 1 fully saturated rings. The Morgan fingerprint density at radius 2 is 1.54 bits per heavy atom. The first-order valence-corrected chi connectivity index (χ1v) is 13.5. The van der Waals surface area contributed by atoms with Crippen molar-refractivity contribution in [2.45, 2.75) is 31.7 Å². The fourth-order valence-corrected chi connectivity index (χ4v) is 7.25. The molecule has 0 amide bonds. The van der Waals surface area contributed by atoms with Gasteiger partial charge in [0, 0.05) is 16.0 Å². The predicted octanol–water partition coefficient (Wildman–Crippen LogP) is 3.71. The summed E-state index contributed by atoms with van der Waals surface area (Å²) in [5, 5.41) is 5.86. The van der Waals surface area contributed by atoms with Gasteiger partial charge in [0.15, 0.2) is 5.65 Å². The minimum Gasteiger partial charge on any atom is -0.329 e. The van der Waals surface area contributed by atoms with E-state index in [2.05, 4.69) is 70.7 Å². The molecule has 0 spiro atoms. The highest BCUT2D eigenvalue weighted by atomic mass is 32.1. The molecule has 0 atom stereocenters. The molecule has 0 unspecified atom stereocenters. The molecule has 3 aromatic heterocycles. The molecule has 2 aliphatic rings. The van der Waals surface area contributed by atoms with Crippen LogP contribution in [-0.2, 0) is 12.8 Å². The van der Waals surface area contributed by atoms with Crippen molar-refractivity contribution in [3.05, 3.63) is 88.6 Å². The van der Waals surface area contributed by atoms with Gasteiger partial charge in [0.2, 0.25) is 5.95 Å². The molecular formula is C28H29N6S+. The maximum absolute atomic E-state index is 5.19. The maximum Gasteiger partial charge on any atom is 0.230 e. The minimum atomic E-state index is 0.338. The largest absolute Gasteiger partial charge is 0.329 e. The Bertz CT molecular complexity index is 1430. The summed E-state index contributed by atoms with van der Waals surface area (Å²) < 4.78 is 1.99. The number of fused-ring (bicyclic) bond motifs is 5. The number of benzene rings is 2. The molecule has 1 saturated heterocycles. The van der Waals surface area contributed by atoms with Crippen LogP contribution in [0.3, 0.4) is 0 Å². The number of rotatable bonds is 4. The highest BCUT2D eigenvalue weighted by Gasteiger charge is 2.32. The van der Waals surface area contributed by atoms with E-state index in [9.17, 15) is 0 Å². The van der Waals surface area contributed by atoms with E-state index in [0.717, 1.165) is 49.0 Å². The van der Waals surface area contributed by atoms with E-state index in [0.29, 0.717) is 6.04 Å². The lowest BCUT2D eigenvalue weighted by Gasteiger charge is -2.37. The molecule has 2 aromatic carbocycles. The Morgan fingerprint density at radius 3 is 2.26 bits per heavy atom. The Hall–Kier alpha value is -3.29. The van der Waals surface area contributed by atoms with Crippen molar-refractivity contribution in [3.63, 3.8) is 0 Å². The molecule has 7 heteroatoms. The predicted molar refractivity (Wildman–Crippen MR) is 140 cm³/mol. The van der Waals surface area contributed by atoms with Gasteiger partial charge in [-0.15, -0.1) is 11.3 Å². The van der Waals surface area contributed by atoms with Crippen LogP contribution in [0.25, 0.3) is 15.9 Å². The number of hydrogen-bond donors (Lipinski definition) is 1. The summed E-state index contributed by atoms with van der Waals surface area (Å²) in [7, 11) is 0. The van der Waals surface area contributed by atoms with Crippen LogP contribution < -0.4 is 9.80 Å². The molecule has 5 aromatic rings. The Balaban J connectivity index is 1.21. The first-order chi connectivity index (χ1) is 17.4. The Morgan fingerprint density at radius 1 is 0.857 bits per heavy atom. The van der Waals surface area contributed by atoms with E-state index in [1.54, 1.807) is 11.2 Å². The average molecular weight is 482 g/mol. The van der Waals surface area contributed by atoms with Crippen molar-refractivity contribution in [1.82, 2.24) is 19.6 Å². The topological polar surface area (TPSA) is 50.8 Å².